The number of carbonyl (C=O) groups is 1. The fourth-order valence-corrected chi connectivity index (χ4v) is 5.31. The predicted octanol–water partition coefficient (Wildman–Crippen LogP) is 2.95. The molecule has 0 spiro atoms. The van der Waals surface area contributed by atoms with Crippen LogP contribution < -0.4 is 10.3 Å². The molecule has 0 unspecified atom stereocenters. The molecule has 4 rings (SSSR count). The molecule has 3 heterocycles. The van der Waals surface area contributed by atoms with E-state index in [0.29, 0.717) is 35.7 Å². The summed E-state index contributed by atoms with van der Waals surface area (Å²) in [5.74, 6) is 0.343. The summed E-state index contributed by atoms with van der Waals surface area (Å²) < 4.78 is 14.1. The van der Waals surface area contributed by atoms with Crippen molar-refractivity contribution in [2.24, 2.45) is 7.05 Å². The number of fused-ring (bicyclic) bond motifs is 3. The normalized spacial score (nSPS) is 14.9. The number of carbonyl (C=O) groups excluding carboxylic acids is 1. The highest BCUT2D eigenvalue weighted by Crippen LogP contribution is 2.40. The Morgan fingerprint density at radius 1 is 1.19 bits per heavy atom. The van der Waals surface area contributed by atoms with Crippen LogP contribution in [-0.2, 0) is 11.8 Å². The molecule has 0 atom stereocenters. The van der Waals surface area contributed by atoms with Gasteiger partial charge in [0.2, 0.25) is 0 Å². The quantitative estimate of drug-likeness (QED) is 0.562. The van der Waals surface area contributed by atoms with Crippen LogP contribution in [0.1, 0.15) is 23.5 Å². The summed E-state index contributed by atoms with van der Waals surface area (Å²) in [6.45, 7) is 9.46. The van der Waals surface area contributed by atoms with E-state index in [9.17, 15) is 9.59 Å². The third-order valence-corrected chi connectivity index (χ3v) is 7.09. The average molecular weight is 444 g/mol. The number of morpholine rings is 1. The molecule has 7 nitrogen and oxygen atoms in total. The standard InChI is InChI=1S/C23H29N3O4S/c1-4-26(5-2)23(28)21-19(30-15-12-25-10-13-29-14-11-25)18-20(31-21)16-8-6-7-9-17(16)24(3)22(18)27/h6-9H,4-5,10-15H2,1-3H3. The topological polar surface area (TPSA) is 64.0 Å². The fraction of sp³-hybridized carbons (Fsp3) is 0.478. The number of benzene rings is 1. The van der Waals surface area contributed by atoms with E-state index in [1.165, 1.54) is 11.3 Å². The molecule has 0 N–H and O–H groups in total. The number of aromatic nitrogens is 1. The van der Waals surface area contributed by atoms with Crippen molar-refractivity contribution >= 4 is 38.2 Å². The maximum Gasteiger partial charge on any atom is 0.267 e. The molecular weight excluding hydrogens is 414 g/mol. The van der Waals surface area contributed by atoms with E-state index in [1.807, 2.05) is 38.1 Å². The summed E-state index contributed by atoms with van der Waals surface area (Å²) in [7, 11) is 1.77. The number of ether oxygens (including phenoxy) is 2. The highest BCUT2D eigenvalue weighted by molar-refractivity contribution is 7.22. The first-order valence-electron chi connectivity index (χ1n) is 10.8. The van der Waals surface area contributed by atoms with E-state index in [1.54, 1.807) is 16.5 Å². The van der Waals surface area contributed by atoms with Gasteiger partial charge in [-0.1, -0.05) is 18.2 Å². The van der Waals surface area contributed by atoms with Gasteiger partial charge in [-0.05, 0) is 19.9 Å². The molecule has 0 radical (unpaired) electrons. The van der Waals surface area contributed by atoms with Gasteiger partial charge in [-0.15, -0.1) is 11.3 Å². The minimum Gasteiger partial charge on any atom is -0.490 e. The number of amides is 1. The molecule has 1 aromatic carbocycles. The van der Waals surface area contributed by atoms with Gasteiger partial charge in [-0.25, -0.2) is 0 Å². The molecule has 2 aromatic heterocycles. The number of pyridine rings is 1. The van der Waals surface area contributed by atoms with E-state index in [4.69, 9.17) is 9.47 Å². The first-order chi connectivity index (χ1) is 15.1. The van der Waals surface area contributed by atoms with E-state index in [0.717, 1.165) is 48.5 Å². The lowest BCUT2D eigenvalue weighted by molar-refractivity contribution is 0.0323. The Bertz CT molecular complexity index is 1140. The van der Waals surface area contributed by atoms with Crippen LogP contribution in [0.15, 0.2) is 29.1 Å². The molecule has 1 amide bonds. The number of rotatable bonds is 7. The van der Waals surface area contributed by atoms with Crippen LogP contribution >= 0.6 is 11.3 Å². The molecule has 1 saturated heterocycles. The number of thiophene rings is 1. The Morgan fingerprint density at radius 2 is 1.90 bits per heavy atom. The van der Waals surface area contributed by atoms with Crippen LogP contribution in [0.3, 0.4) is 0 Å². The van der Waals surface area contributed by atoms with Gasteiger partial charge in [0.25, 0.3) is 11.5 Å². The Labute approximate surface area is 185 Å². The molecule has 1 fully saturated rings. The van der Waals surface area contributed by atoms with Crippen molar-refractivity contribution in [2.45, 2.75) is 13.8 Å². The number of nitrogens with zero attached hydrogens (tertiary/aromatic N) is 3. The van der Waals surface area contributed by atoms with Crippen molar-refractivity contribution in [3.63, 3.8) is 0 Å². The summed E-state index contributed by atoms with van der Waals surface area (Å²) in [6, 6.07) is 7.80. The van der Waals surface area contributed by atoms with Gasteiger partial charge in [0, 0.05) is 45.2 Å². The van der Waals surface area contributed by atoms with Crippen LogP contribution in [0.25, 0.3) is 21.0 Å². The first-order valence-corrected chi connectivity index (χ1v) is 11.6. The predicted molar refractivity (Wildman–Crippen MR) is 125 cm³/mol. The minimum atomic E-state index is -0.134. The minimum absolute atomic E-state index is 0.0845. The molecule has 166 valence electrons. The molecule has 1 aliphatic rings. The Hall–Kier alpha value is -2.42. The molecule has 3 aromatic rings. The van der Waals surface area contributed by atoms with Crippen LogP contribution in [0, 0.1) is 0 Å². The third-order valence-electron chi connectivity index (χ3n) is 5.90. The van der Waals surface area contributed by atoms with Crippen molar-refractivity contribution in [3.05, 3.63) is 39.5 Å². The highest BCUT2D eigenvalue weighted by atomic mass is 32.1. The molecule has 1 aliphatic heterocycles. The van der Waals surface area contributed by atoms with Gasteiger partial charge in [0.05, 0.1) is 23.4 Å². The molecule has 8 heteroatoms. The molecule has 0 bridgehead atoms. The lowest BCUT2D eigenvalue weighted by Crippen LogP contribution is -2.38. The second kappa shape index (κ2) is 9.38. The van der Waals surface area contributed by atoms with Crippen LogP contribution in [0.5, 0.6) is 5.75 Å². The van der Waals surface area contributed by atoms with E-state index in [2.05, 4.69) is 4.90 Å². The SMILES string of the molecule is CCN(CC)C(=O)c1sc2c(c1OCCN1CCOCC1)c(=O)n(C)c1ccccc21. The summed E-state index contributed by atoms with van der Waals surface area (Å²) in [5.41, 5.74) is 0.716. The van der Waals surface area contributed by atoms with Crippen LogP contribution in [0.2, 0.25) is 0 Å². The van der Waals surface area contributed by atoms with Gasteiger partial charge in [0.15, 0.2) is 5.75 Å². The molecular formula is C23H29N3O4S. The highest BCUT2D eigenvalue weighted by Gasteiger charge is 2.27. The smallest absolute Gasteiger partial charge is 0.267 e. The molecule has 31 heavy (non-hydrogen) atoms. The summed E-state index contributed by atoms with van der Waals surface area (Å²) in [6.07, 6.45) is 0. The van der Waals surface area contributed by atoms with Gasteiger partial charge in [-0.2, -0.15) is 0 Å². The van der Waals surface area contributed by atoms with E-state index >= 15 is 0 Å². The molecule has 0 aliphatic carbocycles. The summed E-state index contributed by atoms with van der Waals surface area (Å²) in [4.78, 5) is 31.2. The Kier molecular flexibility index (Phi) is 6.60. The van der Waals surface area contributed by atoms with Crippen molar-refractivity contribution in [1.82, 2.24) is 14.4 Å². The monoisotopic (exact) mass is 443 g/mol. The van der Waals surface area contributed by atoms with Crippen molar-refractivity contribution in [3.8, 4) is 5.75 Å². The second-order valence-electron chi connectivity index (χ2n) is 7.63. The lowest BCUT2D eigenvalue weighted by atomic mass is 10.1. The van der Waals surface area contributed by atoms with Gasteiger partial charge in [0.1, 0.15) is 16.9 Å². The summed E-state index contributed by atoms with van der Waals surface area (Å²) >= 11 is 1.37. The lowest BCUT2D eigenvalue weighted by Gasteiger charge is -2.26. The maximum absolute atomic E-state index is 13.3. The van der Waals surface area contributed by atoms with Crippen molar-refractivity contribution in [1.29, 1.82) is 0 Å². The van der Waals surface area contributed by atoms with Crippen molar-refractivity contribution in [2.75, 3.05) is 52.5 Å². The molecule has 0 saturated carbocycles. The average Bonchev–Trinajstić information content (AvgIpc) is 3.18. The number of para-hydroxylation sites is 1. The zero-order valence-corrected chi connectivity index (χ0v) is 19.2. The zero-order valence-electron chi connectivity index (χ0n) is 18.3. The van der Waals surface area contributed by atoms with Gasteiger partial charge < -0.3 is 18.9 Å². The van der Waals surface area contributed by atoms with Gasteiger partial charge in [-0.3, -0.25) is 14.5 Å². The van der Waals surface area contributed by atoms with E-state index < -0.39 is 0 Å². The Morgan fingerprint density at radius 3 is 2.61 bits per heavy atom. The third kappa shape index (κ3) is 4.07. The number of hydrogen-bond acceptors (Lipinski definition) is 6. The van der Waals surface area contributed by atoms with Crippen LogP contribution in [0.4, 0.5) is 0 Å². The summed E-state index contributed by atoms with van der Waals surface area (Å²) in [5, 5.41) is 1.46. The first kappa shape index (κ1) is 21.8. The van der Waals surface area contributed by atoms with Crippen LogP contribution in [-0.4, -0.2) is 72.8 Å². The largest absolute Gasteiger partial charge is 0.490 e. The van der Waals surface area contributed by atoms with Gasteiger partial charge >= 0.3 is 0 Å². The fourth-order valence-electron chi connectivity index (χ4n) is 4.07. The van der Waals surface area contributed by atoms with E-state index in [-0.39, 0.29) is 11.5 Å². The Balaban J connectivity index is 1.81. The number of aryl methyl sites for hydroxylation is 1. The van der Waals surface area contributed by atoms with Crippen molar-refractivity contribution < 1.29 is 14.3 Å². The zero-order chi connectivity index (χ0) is 22.0. The second-order valence-corrected chi connectivity index (χ2v) is 8.65. The maximum atomic E-state index is 13.3. The number of hydrogen-bond donors (Lipinski definition) is 0.